The van der Waals surface area contributed by atoms with E-state index >= 15 is 0 Å². The number of nitro benzene ring substituents is 1. The van der Waals surface area contributed by atoms with Gasteiger partial charge in [0, 0.05) is 25.9 Å². The van der Waals surface area contributed by atoms with Crippen molar-refractivity contribution in [1.82, 2.24) is 4.90 Å². The van der Waals surface area contributed by atoms with Crippen LogP contribution in [0, 0.1) is 15.9 Å². The molecule has 0 atom stereocenters. The van der Waals surface area contributed by atoms with Gasteiger partial charge in [-0.15, -0.1) is 0 Å². The van der Waals surface area contributed by atoms with Gasteiger partial charge in [-0.2, -0.15) is 4.39 Å². The molecular weight excluding hydrogens is 235 g/mol. The standard InChI is InChI=1S/C13H13FN2O2/c1-9-5-11(8-15(2)7-9)10-3-4-13(16(17)18)12(14)6-10/h3-6,8H,7H2,1-2H3. The molecule has 4 nitrogen and oxygen atoms in total. The Kier molecular flexibility index (Phi) is 3.14. The molecule has 0 bridgehead atoms. The van der Waals surface area contributed by atoms with Gasteiger partial charge in [0.15, 0.2) is 0 Å². The Morgan fingerprint density at radius 2 is 2.17 bits per heavy atom. The van der Waals surface area contributed by atoms with E-state index in [9.17, 15) is 14.5 Å². The van der Waals surface area contributed by atoms with E-state index in [-0.39, 0.29) is 0 Å². The van der Waals surface area contributed by atoms with Crippen LogP contribution in [0.1, 0.15) is 12.5 Å². The molecule has 0 unspecified atom stereocenters. The smallest absolute Gasteiger partial charge is 0.304 e. The molecule has 18 heavy (non-hydrogen) atoms. The minimum Gasteiger partial charge on any atom is -0.376 e. The third kappa shape index (κ3) is 2.40. The molecule has 1 aliphatic heterocycles. The van der Waals surface area contributed by atoms with Crippen molar-refractivity contribution in [2.75, 3.05) is 13.6 Å². The monoisotopic (exact) mass is 248 g/mol. The Balaban J connectivity index is 2.41. The zero-order chi connectivity index (χ0) is 13.3. The molecular formula is C13H13FN2O2. The number of nitrogens with zero attached hydrogens (tertiary/aromatic N) is 2. The minimum atomic E-state index is -0.808. The van der Waals surface area contributed by atoms with Gasteiger partial charge in [0.25, 0.3) is 0 Å². The van der Waals surface area contributed by atoms with Gasteiger partial charge >= 0.3 is 5.69 Å². The van der Waals surface area contributed by atoms with Crippen molar-refractivity contribution in [3.05, 3.63) is 57.5 Å². The van der Waals surface area contributed by atoms with Crippen molar-refractivity contribution >= 4 is 11.3 Å². The van der Waals surface area contributed by atoms with Crippen LogP contribution in [-0.4, -0.2) is 23.4 Å². The molecule has 0 aromatic heterocycles. The zero-order valence-corrected chi connectivity index (χ0v) is 10.2. The first-order chi connectivity index (χ1) is 8.47. The maximum absolute atomic E-state index is 13.5. The first-order valence-electron chi connectivity index (χ1n) is 5.51. The highest BCUT2D eigenvalue weighted by Gasteiger charge is 2.16. The molecule has 2 rings (SSSR count). The van der Waals surface area contributed by atoms with E-state index in [2.05, 4.69) is 0 Å². The highest BCUT2D eigenvalue weighted by molar-refractivity contribution is 5.76. The van der Waals surface area contributed by atoms with E-state index in [1.54, 1.807) is 6.07 Å². The van der Waals surface area contributed by atoms with E-state index in [1.807, 2.05) is 31.1 Å². The fourth-order valence-corrected chi connectivity index (χ4v) is 2.02. The number of hydrogen-bond acceptors (Lipinski definition) is 3. The summed E-state index contributed by atoms with van der Waals surface area (Å²) < 4.78 is 13.5. The molecule has 1 aromatic rings. The van der Waals surface area contributed by atoms with Crippen LogP contribution in [0.2, 0.25) is 0 Å². The molecule has 0 saturated heterocycles. The Morgan fingerprint density at radius 3 is 2.72 bits per heavy atom. The number of nitro groups is 1. The fraction of sp³-hybridized carbons (Fsp3) is 0.231. The molecule has 94 valence electrons. The van der Waals surface area contributed by atoms with Crippen LogP contribution in [0.15, 0.2) is 36.0 Å². The molecule has 5 heteroatoms. The maximum atomic E-state index is 13.5. The first kappa shape index (κ1) is 12.3. The van der Waals surface area contributed by atoms with E-state index < -0.39 is 16.4 Å². The molecule has 0 N–H and O–H groups in total. The van der Waals surface area contributed by atoms with Crippen LogP contribution in [0.3, 0.4) is 0 Å². The van der Waals surface area contributed by atoms with Crippen molar-refractivity contribution in [3.8, 4) is 0 Å². The van der Waals surface area contributed by atoms with Crippen LogP contribution in [-0.2, 0) is 0 Å². The first-order valence-corrected chi connectivity index (χ1v) is 5.51. The summed E-state index contributed by atoms with van der Waals surface area (Å²) >= 11 is 0. The van der Waals surface area contributed by atoms with Crippen LogP contribution in [0.25, 0.3) is 5.57 Å². The second-order valence-corrected chi connectivity index (χ2v) is 4.41. The lowest BCUT2D eigenvalue weighted by Crippen LogP contribution is -2.17. The molecule has 1 aliphatic rings. The molecule has 0 fully saturated rings. The number of allylic oxidation sites excluding steroid dienone is 2. The third-order valence-corrected chi connectivity index (χ3v) is 2.74. The van der Waals surface area contributed by atoms with E-state index in [4.69, 9.17) is 0 Å². The van der Waals surface area contributed by atoms with Gasteiger partial charge in [-0.25, -0.2) is 0 Å². The third-order valence-electron chi connectivity index (χ3n) is 2.74. The largest absolute Gasteiger partial charge is 0.376 e. The Labute approximate surface area is 104 Å². The van der Waals surface area contributed by atoms with E-state index in [1.165, 1.54) is 12.1 Å². The lowest BCUT2D eigenvalue weighted by Gasteiger charge is -2.21. The summed E-state index contributed by atoms with van der Waals surface area (Å²) in [6, 6.07) is 3.96. The van der Waals surface area contributed by atoms with Crippen molar-refractivity contribution in [3.63, 3.8) is 0 Å². The number of likely N-dealkylation sites (N-methyl/N-ethyl adjacent to an activating group) is 1. The average Bonchev–Trinajstić information content (AvgIpc) is 2.26. The SMILES string of the molecule is CC1=CC(c2ccc([N+](=O)[O-])c(F)c2)=CN(C)C1. The van der Waals surface area contributed by atoms with Gasteiger partial charge < -0.3 is 4.90 Å². The number of benzene rings is 1. The molecule has 0 spiro atoms. The predicted molar refractivity (Wildman–Crippen MR) is 67.4 cm³/mol. The normalized spacial score (nSPS) is 15.2. The maximum Gasteiger partial charge on any atom is 0.304 e. The van der Waals surface area contributed by atoms with Crippen molar-refractivity contribution in [2.45, 2.75) is 6.92 Å². The van der Waals surface area contributed by atoms with Gasteiger partial charge in [-0.1, -0.05) is 11.6 Å². The van der Waals surface area contributed by atoms with Gasteiger partial charge in [0.1, 0.15) is 0 Å². The lowest BCUT2D eigenvalue weighted by atomic mass is 10.0. The minimum absolute atomic E-state index is 0.496. The van der Waals surface area contributed by atoms with E-state index in [0.717, 1.165) is 17.7 Å². The summed E-state index contributed by atoms with van der Waals surface area (Å²) in [5.74, 6) is -0.808. The molecule has 0 radical (unpaired) electrons. The van der Waals surface area contributed by atoms with Crippen molar-refractivity contribution < 1.29 is 9.31 Å². The summed E-state index contributed by atoms with van der Waals surface area (Å²) in [5, 5.41) is 10.5. The molecule has 1 heterocycles. The quantitative estimate of drug-likeness (QED) is 0.597. The molecule has 0 aliphatic carbocycles. The second kappa shape index (κ2) is 4.60. The van der Waals surface area contributed by atoms with Gasteiger partial charge in [0.2, 0.25) is 5.82 Å². The summed E-state index contributed by atoms with van der Waals surface area (Å²) in [4.78, 5) is 11.8. The van der Waals surface area contributed by atoms with Crippen LogP contribution in [0.4, 0.5) is 10.1 Å². The highest BCUT2D eigenvalue weighted by Crippen LogP contribution is 2.26. The van der Waals surface area contributed by atoms with Crippen molar-refractivity contribution in [1.29, 1.82) is 0 Å². The Hall–Kier alpha value is -2.17. The van der Waals surface area contributed by atoms with Crippen molar-refractivity contribution in [2.24, 2.45) is 0 Å². The molecule has 0 saturated carbocycles. The van der Waals surface area contributed by atoms with Gasteiger partial charge in [-0.05, 0) is 30.2 Å². The summed E-state index contributed by atoms with van der Waals surface area (Å²) in [6.07, 6.45) is 3.86. The summed E-state index contributed by atoms with van der Waals surface area (Å²) in [7, 11) is 1.93. The molecule has 1 aromatic carbocycles. The number of rotatable bonds is 2. The Morgan fingerprint density at radius 1 is 1.44 bits per heavy atom. The van der Waals surface area contributed by atoms with Gasteiger partial charge in [-0.3, -0.25) is 10.1 Å². The summed E-state index contributed by atoms with van der Waals surface area (Å²) in [5.41, 5.74) is 2.16. The Bertz CT molecular complexity index is 564. The van der Waals surface area contributed by atoms with E-state index in [0.29, 0.717) is 5.56 Å². The highest BCUT2D eigenvalue weighted by atomic mass is 19.1. The topological polar surface area (TPSA) is 46.4 Å². The summed E-state index contributed by atoms with van der Waals surface area (Å²) in [6.45, 7) is 2.82. The number of halogens is 1. The van der Waals surface area contributed by atoms with Crippen LogP contribution >= 0.6 is 0 Å². The predicted octanol–water partition coefficient (Wildman–Crippen LogP) is 2.97. The van der Waals surface area contributed by atoms with Crippen LogP contribution in [0.5, 0.6) is 0 Å². The fourth-order valence-electron chi connectivity index (χ4n) is 2.02. The zero-order valence-electron chi connectivity index (χ0n) is 10.2. The lowest BCUT2D eigenvalue weighted by molar-refractivity contribution is -0.387. The molecule has 0 amide bonds. The average molecular weight is 248 g/mol. The number of hydrogen-bond donors (Lipinski definition) is 0. The van der Waals surface area contributed by atoms with Gasteiger partial charge in [0.05, 0.1) is 4.92 Å². The second-order valence-electron chi connectivity index (χ2n) is 4.41. The van der Waals surface area contributed by atoms with Crippen LogP contribution < -0.4 is 0 Å².